The number of benzene rings is 1. The second-order valence-corrected chi connectivity index (χ2v) is 5.94. The van der Waals surface area contributed by atoms with Gasteiger partial charge in [0.15, 0.2) is 11.5 Å². The lowest BCUT2D eigenvalue weighted by Crippen LogP contribution is -2.40. The Hall–Kier alpha value is -1.71. The summed E-state index contributed by atoms with van der Waals surface area (Å²) in [6.07, 6.45) is 2.40. The minimum Gasteiger partial charge on any atom is -0.493 e. The SMILES string of the molecule is COc1cc(CC2(C)CCC(=O)N2)ccc1OC(C)C. The maximum Gasteiger partial charge on any atom is 0.220 e. The van der Waals surface area contributed by atoms with Gasteiger partial charge in [0.05, 0.1) is 13.2 Å². The van der Waals surface area contributed by atoms with Crippen molar-refractivity contribution >= 4 is 5.91 Å². The summed E-state index contributed by atoms with van der Waals surface area (Å²) < 4.78 is 11.1. The molecular formula is C16H23NO3. The third-order valence-electron chi connectivity index (χ3n) is 3.53. The summed E-state index contributed by atoms with van der Waals surface area (Å²) in [5.41, 5.74) is 0.991. The predicted octanol–water partition coefficient (Wildman–Crippen LogP) is 2.69. The number of rotatable bonds is 5. The van der Waals surface area contributed by atoms with E-state index in [0.717, 1.165) is 29.9 Å². The summed E-state index contributed by atoms with van der Waals surface area (Å²) in [6.45, 7) is 6.06. The number of hydrogen-bond acceptors (Lipinski definition) is 3. The van der Waals surface area contributed by atoms with E-state index in [-0.39, 0.29) is 17.6 Å². The Bertz CT molecular complexity index is 498. The van der Waals surface area contributed by atoms with Crippen LogP contribution < -0.4 is 14.8 Å². The van der Waals surface area contributed by atoms with Crippen molar-refractivity contribution in [3.63, 3.8) is 0 Å². The van der Waals surface area contributed by atoms with E-state index >= 15 is 0 Å². The van der Waals surface area contributed by atoms with Gasteiger partial charge in [-0.3, -0.25) is 4.79 Å². The number of amides is 1. The van der Waals surface area contributed by atoms with Crippen LogP contribution in [0.3, 0.4) is 0 Å². The maximum absolute atomic E-state index is 11.4. The molecule has 1 atom stereocenters. The first-order chi connectivity index (χ1) is 9.42. The topological polar surface area (TPSA) is 47.6 Å². The second kappa shape index (κ2) is 5.73. The molecule has 4 nitrogen and oxygen atoms in total. The Morgan fingerprint density at radius 1 is 1.35 bits per heavy atom. The zero-order valence-corrected chi connectivity index (χ0v) is 12.7. The van der Waals surface area contributed by atoms with Crippen LogP contribution in [0.25, 0.3) is 0 Å². The molecule has 0 radical (unpaired) electrons. The fraction of sp³-hybridized carbons (Fsp3) is 0.562. The van der Waals surface area contributed by atoms with Crippen molar-refractivity contribution in [2.24, 2.45) is 0 Å². The largest absolute Gasteiger partial charge is 0.493 e. The first-order valence-corrected chi connectivity index (χ1v) is 7.06. The van der Waals surface area contributed by atoms with Gasteiger partial charge in [-0.15, -0.1) is 0 Å². The molecular weight excluding hydrogens is 254 g/mol. The van der Waals surface area contributed by atoms with Crippen molar-refractivity contribution in [2.75, 3.05) is 7.11 Å². The molecule has 1 aromatic rings. The fourth-order valence-electron chi connectivity index (χ4n) is 2.61. The van der Waals surface area contributed by atoms with Crippen LogP contribution in [0.4, 0.5) is 0 Å². The van der Waals surface area contributed by atoms with Gasteiger partial charge in [0.1, 0.15) is 0 Å². The quantitative estimate of drug-likeness (QED) is 0.900. The van der Waals surface area contributed by atoms with Crippen LogP contribution in [0.5, 0.6) is 11.5 Å². The summed E-state index contributed by atoms with van der Waals surface area (Å²) >= 11 is 0. The Balaban J connectivity index is 2.15. The average molecular weight is 277 g/mol. The lowest BCUT2D eigenvalue weighted by Gasteiger charge is -2.24. The molecule has 4 heteroatoms. The van der Waals surface area contributed by atoms with E-state index < -0.39 is 0 Å². The average Bonchev–Trinajstić information content (AvgIpc) is 2.70. The molecule has 0 spiro atoms. The van der Waals surface area contributed by atoms with Crippen LogP contribution >= 0.6 is 0 Å². The highest BCUT2D eigenvalue weighted by molar-refractivity contribution is 5.79. The zero-order valence-electron chi connectivity index (χ0n) is 12.7. The first kappa shape index (κ1) is 14.7. The van der Waals surface area contributed by atoms with Crippen LogP contribution in [0.15, 0.2) is 18.2 Å². The minimum atomic E-state index is -0.150. The smallest absolute Gasteiger partial charge is 0.220 e. The Kier molecular flexibility index (Phi) is 4.21. The third kappa shape index (κ3) is 3.44. The fourth-order valence-corrected chi connectivity index (χ4v) is 2.61. The van der Waals surface area contributed by atoms with Gasteiger partial charge in [-0.1, -0.05) is 6.07 Å². The van der Waals surface area contributed by atoms with Crippen LogP contribution in [0.2, 0.25) is 0 Å². The number of carbonyl (C=O) groups is 1. The molecule has 0 aliphatic carbocycles. The summed E-state index contributed by atoms with van der Waals surface area (Å²) in [6, 6.07) is 5.97. The number of hydrogen-bond donors (Lipinski definition) is 1. The lowest BCUT2D eigenvalue weighted by molar-refractivity contribution is -0.119. The Labute approximate surface area is 120 Å². The molecule has 0 bridgehead atoms. The van der Waals surface area contributed by atoms with Gasteiger partial charge in [0.2, 0.25) is 5.91 Å². The summed E-state index contributed by atoms with van der Waals surface area (Å²) in [4.78, 5) is 11.4. The molecule has 0 aromatic heterocycles. The molecule has 110 valence electrons. The van der Waals surface area contributed by atoms with Crippen LogP contribution in [0, 0.1) is 0 Å². The Morgan fingerprint density at radius 3 is 2.65 bits per heavy atom. The van der Waals surface area contributed by atoms with Crippen molar-refractivity contribution in [2.45, 2.75) is 51.7 Å². The monoisotopic (exact) mass is 277 g/mol. The number of ether oxygens (including phenoxy) is 2. The molecule has 1 heterocycles. The van der Waals surface area contributed by atoms with Gasteiger partial charge in [0, 0.05) is 12.0 Å². The molecule has 1 aliphatic rings. The molecule has 1 N–H and O–H groups in total. The van der Waals surface area contributed by atoms with Gasteiger partial charge in [-0.05, 0) is 51.3 Å². The molecule has 1 unspecified atom stereocenters. The van der Waals surface area contributed by atoms with E-state index in [9.17, 15) is 4.79 Å². The third-order valence-corrected chi connectivity index (χ3v) is 3.53. The number of methoxy groups -OCH3 is 1. The van der Waals surface area contributed by atoms with Gasteiger partial charge >= 0.3 is 0 Å². The van der Waals surface area contributed by atoms with E-state index in [4.69, 9.17) is 9.47 Å². The molecule has 1 aliphatic heterocycles. The summed E-state index contributed by atoms with van der Waals surface area (Å²) in [7, 11) is 1.64. The summed E-state index contributed by atoms with van der Waals surface area (Å²) in [5.74, 6) is 1.63. The van der Waals surface area contributed by atoms with Crippen molar-refractivity contribution in [1.29, 1.82) is 0 Å². The van der Waals surface area contributed by atoms with Crippen molar-refractivity contribution in [3.05, 3.63) is 23.8 Å². The van der Waals surface area contributed by atoms with Crippen LogP contribution in [0.1, 0.15) is 39.2 Å². The highest BCUT2D eigenvalue weighted by atomic mass is 16.5. The van der Waals surface area contributed by atoms with Gasteiger partial charge in [0.25, 0.3) is 0 Å². The van der Waals surface area contributed by atoms with E-state index in [0.29, 0.717) is 6.42 Å². The van der Waals surface area contributed by atoms with Crippen molar-refractivity contribution < 1.29 is 14.3 Å². The molecule has 1 amide bonds. The van der Waals surface area contributed by atoms with E-state index in [1.807, 2.05) is 32.0 Å². The molecule has 1 aromatic carbocycles. The van der Waals surface area contributed by atoms with Crippen molar-refractivity contribution in [3.8, 4) is 11.5 Å². The van der Waals surface area contributed by atoms with E-state index in [1.54, 1.807) is 7.11 Å². The maximum atomic E-state index is 11.4. The first-order valence-electron chi connectivity index (χ1n) is 7.06. The van der Waals surface area contributed by atoms with Gasteiger partial charge < -0.3 is 14.8 Å². The van der Waals surface area contributed by atoms with E-state index in [1.165, 1.54) is 0 Å². The number of nitrogens with one attached hydrogen (secondary N) is 1. The van der Waals surface area contributed by atoms with Gasteiger partial charge in [-0.25, -0.2) is 0 Å². The molecule has 0 saturated carbocycles. The summed E-state index contributed by atoms with van der Waals surface area (Å²) in [5, 5.41) is 3.05. The predicted molar refractivity (Wildman–Crippen MR) is 78.2 cm³/mol. The number of carbonyl (C=O) groups excluding carboxylic acids is 1. The van der Waals surface area contributed by atoms with Gasteiger partial charge in [-0.2, -0.15) is 0 Å². The normalized spacial score (nSPS) is 21.9. The zero-order chi connectivity index (χ0) is 14.8. The molecule has 2 rings (SSSR count). The second-order valence-electron chi connectivity index (χ2n) is 5.94. The standard InChI is InChI=1S/C16H23NO3/c1-11(2)20-13-6-5-12(9-14(13)19-4)10-16(3)8-7-15(18)17-16/h5-6,9,11H,7-8,10H2,1-4H3,(H,17,18). The lowest BCUT2D eigenvalue weighted by atomic mass is 9.91. The van der Waals surface area contributed by atoms with E-state index in [2.05, 4.69) is 12.2 Å². The molecule has 1 fully saturated rings. The highest BCUT2D eigenvalue weighted by Crippen LogP contribution is 2.32. The highest BCUT2D eigenvalue weighted by Gasteiger charge is 2.33. The minimum absolute atomic E-state index is 0.112. The molecule has 1 saturated heterocycles. The van der Waals surface area contributed by atoms with Crippen molar-refractivity contribution in [1.82, 2.24) is 5.32 Å². The Morgan fingerprint density at radius 2 is 2.10 bits per heavy atom. The molecule has 20 heavy (non-hydrogen) atoms. The van der Waals surface area contributed by atoms with Crippen LogP contribution in [-0.2, 0) is 11.2 Å². The van der Waals surface area contributed by atoms with Crippen LogP contribution in [-0.4, -0.2) is 24.7 Å².